The van der Waals surface area contributed by atoms with Crippen molar-refractivity contribution in [2.75, 3.05) is 7.11 Å². The summed E-state index contributed by atoms with van der Waals surface area (Å²) >= 11 is 2.89. The summed E-state index contributed by atoms with van der Waals surface area (Å²) < 4.78 is 80.4. The number of rotatable bonds is 2. The van der Waals surface area contributed by atoms with Gasteiger partial charge >= 0.3 is 12.4 Å². The molecule has 19 heavy (non-hydrogen) atoms. The van der Waals surface area contributed by atoms with E-state index >= 15 is 0 Å². The second-order valence-corrected chi connectivity index (χ2v) is 4.41. The van der Waals surface area contributed by atoms with Crippen LogP contribution in [0.5, 0.6) is 5.75 Å². The van der Waals surface area contributed by atoms with Gasteiger partial charge in [-0.25, -0.2) is 0 Å². The number of hydrogen-bond acceptors (Lipinski definition) is 2. The standard InChI is InChI=1S/C10H7BrF6O2/c1-19-7-4-5(2-3-6(7)11)8(18,9(12,13)14)10(15,16)17/h2-4,18H,1H3. The Bertz CT molecular complexity index is 454. The first-order valence-corrected chi connectivity index (χ1v) is 5.44. The fourth-order valence-electron chi connectivity index (χ4n) is 1.37. The van der Waals surface area contributed by atoms with Crippen molar-refractivity contribution < 1.29 is 36.2 Å². The third-order valence-corrected chi connectivity index (χ3v) is 3.04. The Labute approximate surface area is 112 Å². The quantitative estimate of drug-likeness (QED) is 0.821. The fraction of sp³-hybridized carbons (Fsp3) is 0.400. The van der Waals surface area contributed by atoms with Gasteiger partial charge in [0.15, 0.2) is 0 Å². The van der Waals surface area contributed by atoms with Gasteiger partial charge in [-0.15, -0.1) is 0 Å². The SMILES string of the molecule is COc1cc(C(O)(C(F)(F)F)C(F)(F)F)ccc1Br. The molecule has 1 aromatic rings. The van der Waals surface area contributed by atoms with Gasteiger partial charge in [0.25, 0.3) is 5.60 Å². The first-order chi connectivity index (χ1) is 8.45. The third kappa shape index (κ3) is 2.66. The van der Waals surface area contributed by atoms with E-state index in [-0.39, 0.29) is 10.2 Å². The highest BCUT2D eigenvalue weighted by Gasteiger charge is 2.71. The molecule has 1 N–H and O–H groups in total. The number of hydrogen-bond donors (Lipinski definition) is 1. The highest BCUT2D eigenvalue weighted by Crippen LogP contribution is 2.50. The third-order valence-electron chi connectivity index (χ3n) is 2.39. The molecule has 0 aromatic heterocycles. The predicted molar refractivity (Wildman–Crippen MR) is 56.7 cm³/mol. The Morgan fingerprint density at radius 3 is 1.89 bits per heavy atom. The summed E-state index contributed by atoms with van der Waals surface area (Å²) in [5.74, 6) is -0.260. The van der Waals surface area contributed by atoms with Crippen molar-refractivity contribution in [3.05, 3.63) is 28.2 Å². The van der Waals surface area contributed by atoms with Crippen molar-refractivity contribution >= 4 is 15.9 Å². The average molecular weight is 353 g/mol. The lowest BCUT2D eigenvalue weighted by molar-refractivity contribution is -0.376. The van der Waals surface area contributed by atoms with Crippen LogP contribution in [0.1, 0.15) is 5.56 Å². The molecule has 0 bridgehead atoms. The smallest absolute Gasteiger partial charge is 0.430 e. The number of methoxy groups -OCH3 is 1. The number of aliphatic hydroxyl groups is 1. The lowest BCUT2D eigenvalue weighted by atomic mass is 9.92. The van der Waals surface area contributed by atoms with Gasteiger partial charge in [0.2, 0.25) is 0 Å². The van der Waals surface area contributed by atoms with E-state index in [1.807, 2.05) is 0 Å². The molecule has 0 saturated carbocycles. The minimum Gasteiger partial charge on any atom is -0.496 e. The number of halogens is 7. The van der Waals surface area contributed by atoms with E-state index in [4.69, 9.17) is 5.11 Å². The molecular weight excluding hydrogens is 346 g/mol. The largest absolute Gasteiger partial charge is 0.496 e. The summed E-state index contributed by atoms with van der Waals surface area (Å²) in [5, 5.41) is 9.15. The van der Waals surface area contributed by atoms with Gasteiger partial charge in [-0.3, -0.25) is 0 Å². The van der Waals surface area contributed by atoms with Gasteiger partial charge in [-0.2, -0.15) is 26.3 Å². The molecule has 9 heteroatoms. The zero-order chi connectivity index (χ0) is 15.1. The highest BCUT2D eigenvalue weighted by molar-refractivity contribution is 9.10. The zero-order valence-corrected chi connectivity index (χ0v) is 10.8. The van der Waals surface area contributed by atoms with Crippen LogP contribution >= 0.6 is 15.9 Å². The van der Waals surface area contributed by atoms with Crippen LogP contribution < -0.4 is 4.74 Å². The summed E-state index contributed by atoms with van der Waals surface area (Å²) in [5.41, 5.74) is -6.32. The molecule has 1 rings (SSSR count). The van der Waals surface area contributed by atoms with Gasteiger partial charge < -0.3 is 9.84 Å². The summed E-state index contributed by atoms with van der Waals surface area (Å²) in [6, 6.07) is 1.93. The minimum absolute atomic E-state index is 0.158. The van der Waals surface area contributed by atoms with Crippen LogP contribution in [-0.4, -0.2) is 24.6 Å². The van der Waals surface area contributed by atoms with E-state index in [2.05, 4.69) is 20.7 Å². The first kappa shape index (κ1) is 16.1. The van der Waals surface area contributed by atoms with Crippen LogP contribution in [0.3, 0.4) is 0 Å². The number of ether oxygens (including phenoxy) is 1. The second-order valence-electron chi connectivity index (χ2n) is 3.56. The van der Waals surface area contributed by atoms with Crippen LogP contribution in [0.15, 0.2) is 22.7 Å². The average Bonchev–Trinajstić information content (AvgIpc) is 2.25. The maximum absolute atomic E-state index is 12.6. The maximum atomic E-state index is 12.6. The fourth-order valence-corrected chi connectivity index (χ4v) is 1.78. The summed E-state index contributed by atoms with van der Waals surface area (Å²) in [6.45, 7) is 0. The lowest BCUT2D eigenvalue weighted by Crippen LogP contribution is -2.53. The van der Waals surface area contributed by atoms with Gasteiger partial charge in [0.05, 0.1) is 11.6 Å². The molecule has 0 saturated heterocycles. The van der Waals surface area contributed by atoms with Gasteiger partial charge in [0.1, 0.15) is 5.75 Å². The molecule has 0 aliphatic heterocycles. The molecule has 0 amide bonds. The molecule has 0 aliphatic rings. The van der Waals surface area contributed by atoms with E-state index in [1.54, 1.807) is 0 Å². The first-order valence-electron chi connectivity index (χ1n) is 4.65. The van der Waals surface area contributed by atoms with Crippen molar-refractivity contribution in [1.29, 1.82) is 0 Å². The van der Waals surface area contributed by atoms with Crippen molar-refractivity contribution in [1.82, 2.24) is 0 Å². The van der Waals surface area contributed by atoms with Gasteiger partial charge in [0, 0.05) is 5.56 Å². The van der Waals surface area contributed by atoms with E-state index in [0.717, 1.165) is 13.2 Å². The topological polar surface area (TPSA) is 29.5 Å². The highest BCUT2D eigenvalue weighted by atomic mass is 79.9. The Kier molecular flexibility index (Phi) is 4.12. The summed E-state index contributed by atoms with van der Waals surface area (Å²) in [7, 11) is 1.07. The van der Waals surface area contributed by atoms with Crippen molar-refractivity contribution in [3.63, 3.8) is 0 Å². The van der Waals surface area contributed by atoms with Gasteiger partial charge in [-0.1, -0.05) is 6.07 Å². The Hall–Kier alpha value is -0.960. The van der Waals surface area contributed by atoms with Crippen LogP contribution in [0.4, 0.5) is 26.3 Å². The molecule has 0 spiro atoms. The molecule has 0 heterocycles. The lowest BCUT2D eigenvalue weighted by Gasteiger charge is -2.32. The predicted octanol–water partition coefficient (Wildman–Crippen LogP) is 3.77. The molecule has 2 nitrogen and oxygen atoms in total. The second kappa shape index (κ2) is 4.86. The Morgan fingerprint density at radius 1 is 1.05 bits per heavy atom. The number of benzene rings is 1. The number of alkyl halides is 6. The van der Waals surface area contributed by atoms with E-state index < -0.39 is 23.5 Å². The van der Waals surface area contributed by atoms with Crippen LogP contribution in [-0.2, 0) is 5.60 Å². The molecule has 0 radical (unpaired) electrons. The summed E-state index contributed by atoms with van der Waals surface area (Å²) in [4.78, 5) is 0. The van der Waals surface area contributed by atoms with Gasteiger partial charge in [-0.05, 0) is 28.1 Å². The Balaban J connectivity index is 3.52. The van der Waals surface area contributed by atoms with Crippen molar-refractivity contribution in [2.45, 2.75) is 18.0 Å². The molecule has 0 aliphatic carbocycles. The van der Waals surface area contributed by atoms with Crippen LogP contribution in [0, 0.1) is 0 Å². The van der Waals surface area contributed by atoms with E-state index in [0.29, 0.717) is 12.1 Å². The molecule has 0 atom stereocenters. The summed E-state index contributed by atoms with van der Waals surface area (Å²) in [6.07, 6.45) is -11.8. The Morgan fingerprint density at radius 2 is 1.53 bits per heavy atom. The molecule has 0 fully saturated rings. The van der Waals surface area contributed by atoms with Crippen LogP contribution in [0.25, 0.3) is 0 Å². The van der Waals surface area contributed by atoms with Crippen molar-refractivity contribution in [3.8, 4) is 5.75 Å². The van der Waals surface area contributed by atoms with E-state index in [9.17, 15) is 26.3 Å². The van der Waals surface area contributed by atoms with Crippen LogP contribution in [0.2, 0.25) is 0 Å². The normalized spacial score (nSPS) is 13.5. The molecule has 1 aromatic carbocycles. The molecule has 108 valence electrons. The molecular formula is C10H7BrF6O2. The van der Waals surface area contributed by atoms with Crippen molar-refractivity contribution in [2.24, 2.45) is 0 Å². The van der Waals surface area contributed by atoms with E-state index in [1.165, 1.54) is 0 Å². The zero-order valence-electron chi connectivity index (χ0n) is 9.23. The maximum Gasteiger partial charge on any atom is 0.430 e. The molecule has 0 unspecified atom stereocenters. The minimum atomic E-state index is -5.91. The monoisotopic (exact) mass is 352 g/mol.